The lowest BCUT2D eigenvalue weighted by Gasteiger charge is -2.10. The number of aromatic nitrogens is 4. The van der Waals surface area contributed by atoms with Gasteiger partial charge in [0.1, 0.15) is 23.5 Å². The number of aryl methyl sites for hydroxylation is 2. The molecule has 1 amide bonds. The Hall–Kier alpha value is -2.91. The number of halogens is 1. The van der Waals surface area contributed by atoms with Gasteiger partial charge in [0, 0.05) is 9.90 Å². The van der Waals surface area contributed by atoms with Gasteiger partial charge < -0.3 is 10.1 Å². The van der Waals surface area contributed by atoms with Crippen LogP contribution in [-0.2, 0) is 11.3 Å². The number of carbonyl (C=O) groups excluding carboxylic acids is 1. The van der Waals surface area contributed by atoms with Gasteiger partial charge in [0.15, 0.2) is 5.65 Å². The molecule has 28 heavy (non-hydrogen) atoms. The van der Waals surface area contributed by atoms with Crippen LogP contribution in [0.25, 0.3) is 15.9 Å². The second kappa shape index (κ2) is 6.92. The third kappa shape index (κ3) is 3.02. The molecule has 0 atom stereocenters. The highest BCUT2D eigenvalue weighted by atomic mass is 35.5. The molecule has 0 fully saturated rings. The molecule has 0 aliphatic rings. The standard InChI is InChI=1S/C18H16ClN5O3S/c1-9-10(2)28-17-15(9)16-22-24(18(26)23(16)8-20-17)7-14(25)21-12-6-11(19)4-5-13(12)27-3/h4-6,8H,7H2,1-3H3,(H,21,25). The lowest BCUT2D eigenvalue weighted by molar-refractivity contribution is -0.117. The third-order valence-electron chi connectivity index (χ3n) is 4.48. The maximum atomic E-state index is 12.7. The molecular weight excluding hydrogens is 402 g/mol. The minimum atomic E-state index is -0.430. The molecular formula is C18H16ClN5O3S. The molecule has 0 aliphatic heterocycles. The van der Waals surface area contributed by atoms with Crippen molar-refractivity contribution in [3.05, 3.63) is 50.5 Å². The van der Waals surface area contributed by atoms with Gasteiger partial charge in [-0.1, -0.05) is 11.6 Å². The molecule has 0 unspecified atom stereocenters. The smallest absolute Gasteiger partial charge is 0.352 e. The number of benzene rings is 1. The first-order valence-electron chi connectivity index (χ1n) is 8.36. The molecule has 0 radical (unpaired) electrons. The van der Waals surface area contributed by atoms with E-state index >= 15 is 0 Å². The second-order valence-electron chi connectivity index (χ2n) is 6.23. The van der Waals surface area contributed by atoms with Gasteiger partial charge in [-0.25, -0.2) is 18.9 Å². The maximum Gasteiger partial charge on any atom is 0.352 e. The van der Waals surface area contributed by atoms with Crippen LogP contribution in [-0.4, -0.2) is 32.2 Å². The van der Waals surface area contributed by atoms with Crippen LogP contribution in [0.4, 0.5) is 5.69 Å². The highest BCUT2D eigenvalue weighted by Gasteiger charge is 2.17. The van der Waals surface area contributed by atoms with Gasteiger partial charge in [0.25, 0.3) is 0 Å². The van der Waals surface area contributed by atoms with Crippen LogP contribution >= 0.6 is 22.9 Å². The van der Waals surface area contributed by atoms with Gasteiger partial charge in [-0.3, -0.25) is 4.79 Å². The first-order valence-corrected chi connectivity index (χ1v) is 9.55. The maximum absolute atomic E-state index is 12.7. The second-order valence-corrected chi connectivity index (χ2v) is 7.87. The summed E-state index contributed by atoms with van der Waals surface area (Å²) in [5, 5.41) is 8.36. The van der Waals surface area contributed by atoms with Gasteiger partial charge in [-0.15, -0.1) is 16.4 Å². The lowest BCUT2D eigenvalue weighted by atomic mass is 10.2. The van der Waals surface area contributed by atoms with Gasteiger partial charge in [-0.2, -0.15) is 0 Å². The van der Waals surface area contributed by atoms with Crippen molar-refractivity contribution in [3.63, 3.8) is 0 Å². The number of hydrogen-bond acceptors (Lipinski definition) is 6. The van der Waals surface area contributed by atoms with Gasteiger partial charge in [0.05, 0.1) is 18.2 Å². The summed E-state index contributed by atoms with van der Waals surface area (Å²) in [4.78, 5) is 31.4. The number of thiophene rings is 1. The molecule has 10 heteroatoms. The number of nitrogens with zero attached hydrogens (tertiary/aromatic N) is 4. The van der Waals surface area contributed by atoms with E-state index in [-0.39, 0.29) is 6.54 Å². The Labute approximate surface area is 168 Å². The monoisotopic (exact) mass is 417 g/mol. The number of nitrogens with one attached hydrogen (secondary N) is 1. The first-order chi connectivity index (χ1) is 13.4. The Morgan fingerprint density at radius 1 is 1.36 bits per heavy atom. The molecule has 1 N–H and O–H groups in total. The van der Waals surface area contributed by atoms with Gasteiger partial charge in [0.2, 0.25) is 5.91 Å². The van der Waals surface area contributed by atoms with E-state index in [1.54, 1.807) is 29.5 Å². The van der Waals surface area contributed by atoms with E-state index in [1.165, 1.54) is 17.8 Å². The zero-order valence-corrected chi connectivity index (χ0v) is 16.9. The molecule has 0 saturated heterocycles. The van der Waals surface area contributed by atoms with E-state index in [9.17, 15) is 9.59 Å². The summed E-state index contributed by atoms with van der Waals surface area (Å²) < 4.78 is 7.69. The lowest BCUT2D eigenvalue weighted by Crippen LogP contribution is -2.28. The predicted octanol–water partition coefficient (Wildman–Crippen LogP) is 3.02. The number of hydrogen-bond donors (Lipinski definition) is 1. The van der Waals surface area contributed by atoms with E-state index in [1.807, 2.05) is 13.8 Å². The van der Waals surface area contributed by atoms with Crippen LogP contribution in [0.2, 0.25) is 5.02 Å². The topological polar surface area (TPSA) is 90.5 Å². The van der Waals surface area contributed by atoms with Crippen molar-refractivity contribution in [3.8, 4) is 5.75 Å². The molecule has 4 rings (SSSR count). The fraction of sp³-hybridized carbons (Fsp3) is 0.222. The fourth-order valence-corrected chi connectivity index (χ4v) is 4.14. The van der Waals surface area contributed by atoms with Gasteiger partial charge >= 0.3 is 5.69 Å². The van der Waals surface area contributed by atoms with E-state index < -0.39 is 11.6 Å². The van der Waals surface area contributed by atoms with Crippen LogP contribution in [0.3, 0.4) is 0 Å². The van der Waals surface area contributed by atoms with E-state index in [4.69, 9.17) is 16.3 Å². The van der Waals surface area contributed by atoms with Crippen molar-refractivity contribution < 1.29 is 9.53 Å². The normalized spacial score (nSPS) is 11.3. The highest BCUT2D eigenvalue weighted by molar-refractivity contribution is 7.18. The number of methoxy groups -OCH3 is 1. The first kappa shape index (κ1) is 18.5. The minimum Gasteiger partial charge on any atom is -0.495 e. The average Bonchev–Trinajstić information content (AvgIpc) is 3.12. The molecule has 3 heterocycles. The summed E-state index contributed by atoms with van der Waals surface area (Å²) in [5.74, 6) is 0.0453. The Morgan fingerprint density at radius 2 is 2.14 bits per heavy atom. The van der Waals surface area contributed by atoms with E-state index in [0.717, 1.165) is 25.3 Å². The Bertz CT molecular complexity index is 1290. The highest BCUT2D eigenvalue weighted by Crippen LogP contribution is 2.30. The predicted molar refractivity (Wildman–Crippen MR) is 109 cm³/mol. The van der Waals surface area contributed by atoms with Crippen molar-refractivity contribution in [2.24, 2.45) is 0 Å². The number of fused-ring (bicyclic) bond motifs is 3. The molecule has 0 spiro atoms. The SMILES string of the molecule is COc1ccc(Cl)cc1NC(=O)Cn1nc2c3c(C)c(C)sc3ncn2c1=O. The van der Waals surface area contributed by atoms with Crippen molar-refractivity contribution in [2.75, 3.05) is 12.4 Å². The summed E-state index contributed by atoms with van der Waals surface area (Å²) in [6, 6.07) is 4.89. The Kier molecular flexibility index (Phi) is 4.56. The van der Waals surface area contributed by atoms with Crippen LogP contribution in [0.1, 0.15) is 10.4 Å². The van der Waals surface area contributed by atoms with Crippen LogP contribution in [0.5, 0.6) is 5.75 Å². The third-order valence-corrected chi connectivity index (χ3v) is 5.83. The summed E-state index contributed by atoms with van der Waals surface area (Å²) >= 11 is 7.53. The van der Waals surface area contributed by atoms with Crippen molar-refractivity contribution in [2.45, 2.75) is 20.4 Å². The number of rotatable bonds is 4. The van der Waals surface area contributed by atoms with E-state index in [2.05, 4.69) is 15.4 Å². The summed E-state index contributed by atoms with van der Waals surface area (Å²) in [6.07, 6.45) is 1.44. The number of amides is 1. The largest absolute Gasteiger partial charge is 0.495 e. The van der Waals surface area contributed by atoms with Gasteiger partial charge in [-0.05, 0) is 37.6 Å². The van der Waals surface area contributed by atoms with Crippen molar-refractivity contribution >= 4 is 50.4 Å². The zero-order chi connectivity index (χ0) is 20.0. The molecule has 144 valence electrons. The molecule has 0 aliphatic carbocycles. The number of ether oxygens (including phenoxy) is 1. The van der Waals surface area contributed by atoms with Crippen LogP contribution in [0.15, 0.2) is 29.3 Å². The molecule has 1 aromatic carbocycles. The molecule has 3 aromatic heterocycles. The fourth-order valence-electron chi connectivity index (χ4n) is 2.97. The van der Waals surface area contributed by atoms with Crippen molar-refractivity contribution in [1.29, 1.82) is 0 Å². The van der Waals surface area contributed by atoms with Crippen LogP contribution < -0.4 is 15.7 Å². The molecule has 4 aromatic rings. The summed E-state index contributed by atoms with van der Waals surface area (Å²) in [6.45, 7) is 3.72. The Balaban J connectivity index is 1.69. The quantitative estimate of drug-likeness (QED) is 0.551. The Morgan fingerprint density at radius 3 is 2.89 bits per heavy atom. The van der Waals surface area contributed by atoms with E-state index in [0.29, 0.717) is 22.1 Å². The zero-order valence-electron chi connectivity index (χ0n) is 15.3. The summed E-state index contributed by atoms with van der Waals surface area (Å²) in [7, 11) is 1.49. The molecule has 0 bridgehead atoms. The van der Waals surface area contributed by atoms with Crippen molar-refractivity contribution in [1.82, 2.24) is 19.2 Å². The molecule has 8 nitrogen and oxygen atoms in total. The number of anilines is 1. The molecule has 0 saturated carbocycles. The minimum absolute atomic E-state index is 0.250. The average molecular weight is 418 g/mol. The summed E-state index contributed by atoms with van der Waals surface area (Å²) in [5.41, 5.74) is 1.51. The van der Waals surface area contributed by atoms with Crippen LogP contribution in [0, 0.1) is 13.8 Å². The number of carbonyl (C=O) groups is 1.